The van der Waals surface area contributed by atoms with Crippen molar-refractivity contribution in [2.45, 2.75) is 23.8 Å². The maximum Gasteiger partial charge on any atom is 0.243 e. The first-order valence-corrected chi connectivity index (χ1v) is 11.3. The standard InChI is InChI=1S/C18H21NO4S2/c1-3-11-19(18(2)10-12-24(20,21)14-18)25(22,23)17-9-8-15-6-4-5-7-16(15)13-17/h3-9,13H,1,10-12,14H2,2H3/t18-/m0/s1. The molecule has 1 fully saturated rings. The summed E-state index contributed by atoms with van der Waals surface area (Å²) in [6.07, 6.45) is 1.78. The van der Waals surface area contributed by atoms with Crippen LogP contribution in [0.15, 0.2) is 60.0 Å². The monoisotopic (exact) mass is 379 g/mol. The van der Waals surface area contributed by atoms with Gasteiger partial charge in [-0.3, -0.25) is 0 Å². The molecule has 7 heteroatoms. The van der Waals surface area contributed by atoms with Crippen molar-refractivity contribution in [2.24, 2.45) is 0 Å². The zero-order valence-electron chi connectivity index (χ0n) is 14.1. The number of hydrogen-bond donors (Lipinski definition) is 0. The molecule has 3 rings (SSSR count). The summed E-state index contributed by atoms with van der Waals surface area (Å²) in [7, 11) is -7.08. The van der Waals surface area contributed by atoms with Crippen molar-refractivity contribution in [1.82, 2.24) is 4.31 Å². The Morgan fingerprint density at radius 3 is 2.48 bits per heavy atom. The Morgan fingerprint density at radius 1 is 1.20 bits per heavy atom. The van der Waals surface area contributed by atoms with Gasteiger partial charge >= 0.3 is 0 Å². The molecule has 0 saturated carbocycles. The first-order chi connectivity index (χ1) is 11.7. The topological polar surface area (TPSA) is 71.5 Å². The summed E-state index contributed by atoms with van der Waals surface area (Å²) >= 11 is 0. The third kappa shape index (κ3) is 3.36. The summed E-state index contributed by atoms with van der Waals surface area (Å²) in [5, 5.41) is 1.78. The molecule has 2 aromatic carbocycles. The van der Waals surface area contributed by atoms with E-state index in [1.807, 2.05) is 24.3 Å². The fourth-order valence-corrected chi connectivity index (χ4v) is 7.40. The van der Waals surface area contributed by atoms with Crippen molar-refractivity contribution in [3.8, 4) is 0 Å². The van der Waals surface area contributed by atoms with Crippen molar-refractivity contribution in [3.63, 3.8) is 0 Å². The van der Waals surface area contributed by atoms with E-state index in [1.54, 1.807) is 25.1 Å². The van der Waals surface area contributed by atoms with Gasteiger partial charge in [-0.05, 0) is 36.2 Å². The minimum atomic E-state index is -3.85. The van der Waals surface area contributed by atoms with Gasteiger partial charge in [0.15, 0.2) is 9.84 Å². The smallest absolute Gasteiger partial charge is 0.229 e. The lowest BCUT2D eigenvalue weighted by Crippen LogP contribution is -2.50. The van der Waals surface area contributed by atoms with Crippen LogP contribution in [0.1, 0.15) is 13.3 Å². The highest BCUT2D eigenvalue weighted by molar-refractivity contribution is 7.92. The summed E-state index contributed by atoms with van der Waals surface area (Å²) in [6, 6.07) is 12.5. The second kappa shape index (κ2) is 6.23. The Kier molecular flexibility index (Phi) is 4.51. The van der Waals surface area contributed by atoms with E-state index >= 15 is 0 Å². The van der Waals surface area contributed by atoms with Gasteiger partial charge in [-0.25, -0.2) is 16.8 Å². The maximum atomic E-state index is 13.3. The van der Waals surface area contributed by atoms with Gasteiger partial charge in [0.05, 0.1) is 16.4 Å². The van der Waals surface area contributed by atoms with E-state index < -0.39 is 25.4 Å². The Labute approximate surface area is 148 Å². The number of sulfone groups is 1. The summed E-state index contributed by atoms with van der Waals surface area (Å²) in [5.41, 5.74) is -0.961. The highest BCUT2D eigenvalue weighted by Crippen LogP contribution is 2.34. The number of benzene rings is 2. The molecule has 0 aromatic heterocycles. The van der Waals surface area contributed by atoms with Gasteiger partial charge < -0.3 is 0 Å². The highest BCUT2D eigenvalue weighted by Gasteiger charge is 2.47. The SMILES string of the molecule is C=CCN([C@@]1(C)CCS(=O)(=O)C1)S(=O)(=O)c1ccc2ccccc2c1. The zero-order valence-corrected chi connectivity index (χ0v) is 15.7. The fourth-order valence-electron chi connectivity index (χ4n) is 3.37. The van der Waals surface area contributed by atoms with Gasteiger partial charge in [-0.1, -0.05) is 36.4 Å². The second-order valence-corrected chi connectivity index (χ2v) is 10.7. The van der Waals surface area contributed by atoms with Gasteiger partial charge in [0, 0.05) is 12.1 Å². The molecule has 0 unspecified atom stereocenters. The molecule has 0 radical (unpaired) electrons. The second-order valence-electron chi connectivity index (χ2n) is 6.67. The predicted molar refractivity (Wildman–Crippen MR) is 99.7 cm³/mol. The van der Waals surface area contributed by atoms with Crippen molar-refractivity contribution in [3.05, 3.63) is 55.1 Å². The Balaban J connectivity index is 2.09. The van der Waals surface area contributed by atoms with Crippen molar-refractivity contribution in [1.29, 1.82) is 0 Å². The van der Waals surface area contributed by atoms with Gasteiger partial charge in [0.2, 0.25) is 10.0 Å². The van der Waals surface area contributed by atoms with E-state index in [9.17, 15) is 16.8 Å². The molecule has 1 atom stereocenters. The number of sulfonamides is 1. The molecule has 1 aliphatic heterocycles. The number of hydrogen-bond acceptors (Lipinski definition) is 4. The molecule has 0 N–H and O–H groups in total. The molecule has 0 bridgehead atoms. The van der Waals surface area contributed by atoms with Crippen LogP contribution >= 0.6 is 0 Å². The van der Waals surface area contributed by atoms with Gasteiger partial charge in [0.1, 0.15) is 0 Å². The van der Waals surface area contributed by atoms with Crippen LogP contribution < -0.4 is 0 Å². The van der Waals surface area contributed by atoms with Gasteiger partial charge in [0.25, 0.3) is 0 Å². The molecule has 134 valence electrons. The third-order valence-electron chi connectivity index (χ3n) is 4.69. The summed E-state index contributed by atoms with van der Waals surface area (Å²) in [4.78, 5) is 0.165. The largest absolute Gasteiger partial charge is 0.243 e. The summed E-state index contributed by atoms with van der Waals surface area (Å²) in [6.45, 7) is 5.41. The molecule has 2 aromatic rings. The van der Waals surface area contributed by atoms with Crippen LogP contribution in [0.4, 0.5) is 0 Å². The highest BCUT2D eigenvalue weighted by atomic mass is 32.2. The van der Waals surface area contributed by atoms with Crippen LogP contribution in [0.25, 0.3) is 10.8 Å². The first-order valence-electron chi connectivity index (χ1n) is 8.01. The minimum absolute atomic E-state index is 0.00435. The average molecular weight is 380 g/mol. The zero-order chi connectivity index (χ0) is 18.3. The van der Waals surface area contributed by atoms with E-state index in [4.69, 9.17) is 0 Å². The van der Waals surface area contributed by atoms with Crippen molar-refractivity contribution < 1.29 is 16.8 Å². The summed E-state index contributed by atoms with van der Waals surface area (Å²) in [5.74, 6) is -0.162. The van der Waals surface area contributed by atoms with Gasteiger partial charge in [-0.15, -0.1) is 6.58 Å². The number of rotatable bonds is 5. The molecule has 1 aliphatic rings. The average Bonchev–Trinajstić information content (AvgIpc) is 2.86. The van der Waals surface area contributed by atoms with Crippen molar-refractivity contribution >= 4 is 30.6 Å². The maximum absolute atomic E-state index is 13.3. The lowest BCUT2D eigenvalue weighted by Gasteiger charge is -2.35. The molecule has 0 spiro atoms. The molecule has 0 amide bonds. The number of nitrogens with zero attached hydrogens (tertiary/aromatic N) is 1. The van der Waals surface area contributed by atoms with E-state index in [2.05, 4.69) is 6.58 Å². The quantitative estimate of drug-likeness (QED) is 0.749. The predicted octanol–water partition coefficient (Wildman–Crippen LogP) is 2.59. The normalized spacial score (nSPS) is 23.1. The Hall–Kier alpha value is -1.70. The molecular formula is C18H21NO4S2. The van der Waals surface area contributed by atoms with E-state index in [-0.39, 0.29) is 29.4 Å². The first kappa shape index (κ1) is 18.1. The van der Waals surface area contributed by atoms with E-state index in [1.165, 1.54) is 10.4 Å². The minimum Gasteiger partial charge on any atom is -0.229 e. The van der Waals surface area contributed by atoms with Crippen LogP contribution in [-0.4, -0.2) is 44.7 Å². The van der Waals surface area contributed by atoms with Crippen LogP contribution in [0, 0.1) is 0 Å². The van der Waals surface area contributed by atoms with Crippen LogP contribution in [-0.2, 0) is 19.9 Å². The molecule has 1 heterocycles. The molecule has 0 aliphatic carbocycles. The van der Waals surface area contributed by atoms with Crippen LogP contribution in [0.5, 0.6) is 0 Å². The van der Waals surface area contributed by atoms with Crippen LogP contribution in [0.3, 0.4) is 0 Å². The summed E-state index contributed by atoms with van der Waals surface area (Å²) < 4.78 is 51.7. The molecule has 25 heavy (non-hydrogen) atoms. The van der Waals surface area contributed by atoms with Crippen LogP contribution in [0.2, 0.25) is 0 Å². The lowest BCUT2D eigenvalue weighted by atomic mass is 10.0. The fraction of sp³-hybridized carbons (Fsp3) is 0.333. The molecule has 1 saturated heterocycles. The number of fused-ring (bicyclic) bond motifs is 1. The van der Waals surface area contributed by atoms with E-state index in [0.29, 0.717) is 0 Å². The molecule has 5 nitrogen and oxygen atoms in total. The Morgan fingerprint density at radius 2 is 1.88 bits per heavy atom. The van der Waals surface area contributed by atoms with Gasteiger partial charge in [-0.2, -0.15) is 4.31 Å². The molecular weight excluding hydrogens is 358 g/mol. The van der Waals surface area contributed by atoms with Crippen molar-refractivity contribution in [2.75, 3.05) is 18.1 Å². The lowest BCUT2D eigenvalue weighted by molar-refractivity contribution is 0.252. The Bertz CT molecular complexity index is 1030. The third-order valence-corrected chi connectivity index (χ3v) is 8.60. The van der Waals surface area contributed by atoms with E-state index in [0.717, 1.165) is 10.8 Å².